The van der Waals surface area contributed by atoms with Gasteiger partial charge in [0.1, 0.15) is 10.7 Å². The minimum atomic E-state index is -4.09. The molecular formula is C12H18FN3O4S. The van der Waals surface area contributed by atoms with E-state index in [1.54, 1.807) is 0 Å². The number of hydrogen-bond donors (Lipinski definition) is 2. The molecule has 0 aliphatic heterocycles. The molecule has 0 aliphatic carbocycles. The summed E-state index contributed by atoms with van der Waals surface area (Å²) in [6, 6.07) is 1.99. The van der Waals surface area contributed by atoms with E-state index in [2.05, 4.69) is 4.72 Å². The number of nitro benzene ring substituents is 1. The second-order valence-electron chi connectivity index (χ2n) is 5.11. The molecular weight excluding hydrogens is 301 g/mol. The molecule has 1 rings (SSSR count). The Bertz CT molecular complexity index is 619. The Balaban J connectivity index is 2.86. The second kappa shape index (κ2) is 6.92. The summed E-state index contributed by atoms with van der Waals surface area (Å²) in [5.74, 6) is -0.866. The lowest BCUT2D eigenvalue weighted by molar-refractivity contribution is -0.385. The van der Waals surface area contributed by atoms with Crippen LogP contribution in [0.15, 0.2) is 23.1 Å². The molecule has 1 aromatic carbocycles. The number of nitrogens with one attached hydrogen (secondary N) is 1. The molecule has 0 fully saturated rings. The van der Waals surface area contributed by atoms with Crippen LogP contribution >= 0.6 is 0 Å². The third kappa shape index (κ3) is 5.03. The first kappa shape index (κ1) is 17.5. The number of sulfonamides is 1. The summed E-state index contributed by atoms with van der Waals surface area (Å²) < 4.78 is 39.8. The fraction of sp³-hybridized carbons (Fsp3) is 0.500. The molecule has 0 amide bonds. The molecule has 0 spiro atoms. The Morgan fingerprint density at radius 3 is 2.52 bits per heavy atom. The molecule has 118 valence electrons. The molecule has 1 atom stereocenters. The third-order valence-electron chi connectivity index (χ3n) is 2.73. The number of halogens is 1. The molecule has 0 saturated carbocycles. The van der Waals surface area contributed by atoms with Gasteiger partial charge in [0.25, 0.3) is 5.69 Å². The lowest BCUT2D eigenvalue weighted by atomic mass is 10.1. The summed E-state index contributed by atoms with van der Waals surface area (Å²) in [4.78, 5) is 9.05. The summed E-state index contributed by atoms with van der Waals surface area (Å²) in [6.45, 7) is 3.87. The number of nitrogens with zero attached hydrogens (tertiary/aromatic N) is 1. The van der Waals surface area contributed by atoms with Crippen molar-refractivity contribution in [1.82, 2.24) is 4.72 Å². The average Bonchev–Trinajstić information content (AvgIpc) is 2.35. The Labute approximate surface area is 122 Å². The molecule has 1 unspecified atom stereocenters. The Morgan fingerprint density at radius 2 is 2.05 bits per heavy atom. The summed E-state index contributed by atoms with van der Waals surface area (Å²) in [5, 5.41) is 10.5. The van der Waals surface area contributed by atoms with Gasteiger partial charge in [-0.1, -0.05) is 13.8 Å². The van der Waals surface area contributed by atoms with E-state index in [0.29, 0.717) is 18.4 Å². The van der Waals surface area contributed by atoms with Gasteiger partial charge in [-0.3, -0.25) is 10.1 Å². The predicted octanol–water partition coefficient (Wildman–Crippen LogP) is 1.39. The van der Waals surface area contributed by atoms with E-state index in [1.807, 2.05) is 13.8 Å². The van der Waals surface area contributed by atoms with Gasteiger partial charge in [-0.25, -0.2) is 17.5 Å². The number of rotatable bonds is 7. The van der Waals surface area contributed by atoms with Gasteiger partial charge in [0.2, 0.25) is 10.0 Å². The fourth-order valence-electron chi connectivity index (χ4n) is 1.80. The first-order valence-electron chi connectivity index (χ1n) is 6.32. The summed E-state index contributed by atoms with van der Waals surface area (Å²) in [6.07, 6.45) is 0.616. The highest BCUT2D eigenvalue weighted by Gasteiger charge is 2.22. The quantitative estimate of drug-likeness (QED) is 0.582. The van der Waals surface area contributed by atoms with Crippen molar-refractivity contribution in [2.75, 3.05) is 6.54 Å². The van der Waals surface area contributed by atoms with Crippen molar-refractivity contribution in [3.05, 3.63) is 34.1 Å². The normalized spacial score (nSPS) is 13.4. The van der Waals surface area contributed by atoms with Gasteiger partial charge in [-0.2, -0.15) is 0 Å². The predicted molar refractivity (Wildman–Crippen MR) is 75.7 cm³/mol. The standard InChI is InChI=1S/C12H18FN3O4S/c1-8(2)5-9(14)7-15-21(19,20)12-4-3-10(16(17)18)6-11(12)13/h3-4,6,8-9,15H,5,7,14H2,1-2H3. The van der Waals surface area contributed by atoms with Crippen LogP contribution in [0.3, 0.4) is 0 Å². The van der Waals surface area contributed by atoms with E-state index in [4.69, 9.17) is 5.73 Å². The summed E-state index contributed by atoms with van der Waals surface area (Å²) in [5.41, 5.74) is 5.24. The van der Waals surface area contributed by atoms with Crippen LogP contribution in [0.5, 0.6) is 0 Å². The van der Waals surface area contributed by atoms with Crippen molar-refractivity contribution in [3.63, 3.8) is 0 Å². The second-order valence-corrected chi connectivity index (χ2v) is 6.85. The first-order valence-corrected chi connectivity index (χ1v) is 7.81. The number of hydrogen-bond acceptors (Lipinski definition) is 5. The van der Waals surface area contributed by atoms with Gasteiger partial charge in [-0.05, 0) is 18.4 Å². The van der Waals surface area contributed by atoms with Gasteiger partial charge in [0.05, 0.1) is 11.0 Å². The Morgan fingerprint density at radius 1 is 1.43 bits per heavy atom. The minimum absolute atomic E-state index is 0.0308. The van der Waals surface area contributed by atoms with Crippen LogP contribution in [-0.2, 0) is 10.0 Å². The number of nitrogens with two attached hydrogens (primary N) is 1. The smallest absolute Gasteiger partial charge is 0.272 e. The van der Waals surface area contributed by atoms with E-state index in [9.17, 15) is 22.9 Å². The molecule has 0 bridgehead atoms. The lowest BCUT2D eigenvalue weighted by Crippen LogP contribution is -2.38. The van der Waals surface area contributed by atoms with Crippen LogP contribution < -0.4 is 10.5 Å². The molecule has 0 aliphatic rings. The molecule has 0 saturated heterocycles. The highest BCUT2D eigenvalue weighted by Crippen LogP contribution is 2.20. The fourth-order valence-corrected chi connectivity index (χ4v) is 2.96. The molecule has 3 N–H and O–H groups in total. The van der Waals surface area contributed by atoms with Gasteiger partial charge in [0.15, 0.2) is 0 Å². The van der Waals surface area contributed by atoms with E-state index in [1.165, 1.54) is 0 Å². The average molecular weight is 319 g/mol. The largest absolute Gasteiger partial charge is 0.327 e. The van der Waals surface area contributed by atoms with Crippen molar-refractivity contribution < 1.29 is 17.7 Å². The third-order valence-corrected chi connectivity index (χ3v) is 4.18. The zero-order valence-electron chi connectivity index (χ0n) is 11.7. The summed E-state index contributed by atoms with van der Waals surface area (Å²) >= 11 is 0. The molecule has 1 aromatic rings. The van der Waals surface area contributed by atoms with E-state index >= 15 is 0 Å². The maximum Gasteiger partial charge on any atom is 0.272 e. The number of benzene rings is 1. The van der Waals surface area contributed by atoms with Gasteiger partial charge >= 0.3 is 0 Å². The van der Waals surface area contributed by atoms with E-state index in [0.717, 1.165) is 12.1 Å². The highest BCUT2D eigenvalue weighted by atomic mass is 32.2. The van der Waals surface area contributed by atoms with Crippen molar-refractivity contribution in [3.8, 4) is 0 Å². The molecule has 0 heterocycles. The van der Waals surface area contributed by atoms with Crippen LogP contribution in [0.25, 0.3) is 0 Å². The van der Waals surface area contributed by atoms with Gasteiger partial charge in [-0.15, -0.1) is 0 Å². The first-order chi connectivity index (χ1) is 9.63. The highest BCUT2D eigenvalue weighted by molar-refractivity contribution is 7.89. The van der Waals surface area contributed by atoms with Crippen molar-refractivity contribution >= 4 is 15.7 Å². The molecule has 0 aromatic heterocycles. The number of non-ortho nitro benzene ring substituents is 1. The summed E-state index contributed by atoms with van der Waals surface area (Å²) in [7, 11) is -4.09. The van der Waals surface area contributed by atoms with Crippen LogP contribution in [0.4, 0.5) is 10.1 Å². The molecule has 0 radical (unpaired) electrons. The van der Waals surface area contributed by atoms with E-state index in [-0.39, 0.29) is 12.6 Å². The van der Waals surface area contributed by atoms with Crippen LogP contribution in [0.2, 0.25) is 0 Å². The van der Waals surface area contributed by atoms with Crippen molar-refractivity contribution in [2.24, 2.45) is 11.7 Å². The van der Waals surface area contributed by atoms with Crippen LogP contribution in [0.1, 0.15) is 20.3 Å². The molecule has 21 heavy (non-hydrogen) atoms. The maximum atomic E-state index is 13.7. The lowest BCUT2D eigenvalue weighted by Gasteiger charge is -2.15. The van der Waals surface area contributed by atoms with Crippen molar-refractivity contribution in [1.29, 1.82) is 0 Å². The SMILES string of the molecule is CC(C)CC(N)CNS(=O)(=O)c1ccc([N+](=O)[O-])cc1F. The Kier molecular flexibility index (Phi) is 5.76. The monoisotopic (exact) mass is 319 g/mol. The van der Waals surface area contributed by atoms with Crippen LogP contribution in [-0.4, -0.2) is 25.9 Å². The zero-order chi connectivity index (χ0) is 16.2. The van der Waals surface area contributed by atoms with Crippen LogP contribution in [0, 0.1) is 21.8 Å². The molecule has 7 nitrogen and oxygen atoms in total. The van der Waals surface area contributed by atoms with Gasteiger partial charge in [0, 0.05) is 18.7 Å². The zero-order valence-corrected chi connectivity index (χ0v) is 12.6. The molecule has 9 heteroatoms. The minimum Gasteiger partial charge on any atom is -0.327 e. The van der Waals surface area contributed by atoms with Crippen molar-refractivity contribution in [2.45, 2.75) is 31.2 Å². The van der Waals surface area contributed by atoms with E-state index < -0.39 is 31.3 Å². The maximum absolute atomic E-state index is 13.7. The van der Waals surface area contributed by atoms with Gasteiger partial charge < -0.3 is 5.73 Å². The number of nitro groups is 1. The topological polar surface area (TPSA) is 115 Å². The Hall–Kier alpha value is -1.58.